The second-order valence-corrected chi connectivity index (χ2v) is 5.25. The van der Waals surface area contributed by atoms with E-state index in [0.717, 1.165) is 25.1 Å². The van der Waals surface area contributed by atoms with E-state index >= 15 is 0 Å². The molecule has 0 saturated carbocycles. The first-order valence-corrected chi connectivity index (χ1v) is 6.68. The summed E-state index contributed by atoms with van der Waals surface area (Å²) in [5.74, 6) is 0.224. The van der Waals surface area contributed by atoms with E-state index in [2.05, 4.69) is 4.98 Å². The molecule has 20 heavy (non-hydrogen) atoms. The van der Waals surface area contributed by atoms with Crippen LogP contribution in [0.5, 0.6) is 0 Å². The van der Waals surface area contributed by atoms with Crippen LogP contribution in [-0.4, -0.2) is 23.4 Å². The fraction of sp³-hybridized carbons (Fsp3) is 0.538. The number of pyridine rings is 1. The smallest absolute Gasteiger partial charge is 0.345 e. The zero-order valence-electron chi connectivity index (χ0n) is 10.9. The molecule has 1 aromatic heterocycles. The lowest BCUT2D eigenvalue weighted by Crippen LogP contribution is -2.44. The van der Waals surface area contributed by atoms with E-state index in [1.165, 1.54) is 6.92 Å². The lowest BCUT2D eigenvalue weighted by Gasteiger charge is -2.35. The molecule has 3 nitrogen and oxygen atoms in total. The molecular formula is C13H14ClF3N2O. The van der Waals surface area contributed by atoms with Gasteiger partial charge in [-0.3, -0.25) is 4.79 Å². The molecule has 110 valence electrons. The van der Waals surface area contributed by atoms with Gasteiger partial charge in [0.25, 0.3) is 0 Å². The minimum Gasteiger partial charge on any atom is -0.345 e. The largest absolute Gasteiger partial charge is 0.417 e. The molecule has 2 rings (SSSR count). The molecule has 0 N–H and O–H groups in total. The number of hydrogen-bond acceptors (Lipinski definition) is 3. The fourth-order valence-corrected chi connectivity index (χ4v) is 2.68. The van der Waals surface area contributed by atoms with Crippen molar-refractivity contribution in [1.82, 2.24) is 4.98 Å². The first-order chi connectivity index (χ1) is 9.30. The normalized spacial score (nSPS) is 20.1. The Balaban J connectivity index is 2.34. The van der Waals surface area contributed by atoms with Gasteiger partial charge in [-0.05, 0) is 32.3 Å². The van der Waals surface area contributed by atoms with Gasteiger partial charge in [-0.2, -0.15) is 13.2 Å². The van der Waals surface area contributed by atoms with Crippen LogP contribution in [0.25, 0.3) is 0 Å². The molecule has 1 unspecified atom stereocenters. The number of carbonyl (C=O) groups is 1. The monoisotopic (exact) mass is 306 g/mol. The van der Waals surface area contributed by atoms with Gasteiger partial charge in [0.05, 0.1) is 16.6 Å². The number of alkyl halides is 3. The molecular weight excluding hydrogens is 293 g/mol. The molecule has 0 aromatic carbocycles. The Bertz CT molecular complexity index is 519. The standard InChI is InChI=1S/C13H14ClF3N2O/c1-8(20)11-4-2-3-5-19(11)12-10(14)6-9(7-18-12)13(15,16)17/h6-7,11H,2-5H2,1H3. The van der Waals surface area contributed by atoms with Gasteiger partial charge in [-0.15, -0.1) is 0 Å². The topological polar surface area (TPSA) is 33.2 Å². The summed E-state index contributed by atoms with van der Waals surface area (Å²) in [5.41, 5.74) is -0.886. The summed E-state index contributed by atoms with van der Waals surface area (Å²) in [4.78, 5) is 17.2. The van der Waals surface area contributed by atoms with Gasteiger partial charge in [0.15, 0.2) is 5.78 Å². The van der Waals surface area contributed by atoms with Gasteiger partial charge in [-0.1, -0.05) is 11.6 Å². The van der Waals surface area contributed by atoms with Gasteiger partial charge < -0.3 is 4.90 Å². The number of anilines is 1. The van der Waals surface area contributed by atoms with Crippen molar-refractivity contribution in [2.75, 3.05) is 11.4 Å². The van der Waals surface area contributed by atoms with Crippen LogP contribution < -0.4 is 4.90 Å². The minimum atomic E-state index is -4.48. The van der Waals surface area contributed by atoms with Crippen LogP contribution in [0.2, 0.25) is 5.02 Å². The molecule has 7 heteroatoms. The number of rotatable bonds is 2. The number of ketones is 1. The minimum absolute atomic E-state index is 0.0255. The molecule has 1 atom stereocenters. The summed E-state index contributed by atoms with van der Waals surface area (Å²) in [6.07, 6.45) is -1.26. The zero-order valence-corrected chi connectivity index (χ0v) is 11.6. The highest BCUT2D eigenvalue weighted by atomic mass is 35.5. The number of nitrogens with zero attached hydrogens (tertiary/aromatic N) is 2. The quantitative estimate of drug-likeness (QED) is 0.835. The van der Waals surface area contributed by atoms with Crippen LogP contribution in [0, 0.1) is 0 Å². The van der Waals surface area contributed by atoms with Gasteiger partial charge in [0.2, 0.25) is 0 Å². The summed E-state index contributed by atoms with van der Waals surface area (Å²) in [5, 5.41) is -0.0759. The summed E-state index contributed by atoms with van der Waals surface area (Å²) in [7, 11) is 0. The Morgan fingerprint density at radius 3 is 2.70 bits per heavy atom. The van der Waals surface area contributed by atoms with E-state index in [1.807, 2.05) is 0 Å². The predicted molar refractivity (Wildman–Crippen MR) is 69.9 cm³/mol. The van der Waals surface area contributed by atoms with Crippen molar-refractivity contribution < 1.29 is 18.0 Å². The van der Waals surface area contributed by atoms with Crippen molar-refractivity contribution in [3.8, 4) is 0 Å². The Hall–Kier alpha value is -1.30. The van der Waals surface area contributed by atoms with E-state index in [9.17, 15) is 18.0 Å². The molecule has 2 heterocycles. The van der Waals surface area contributed by atoms with Crippen molar-refractivity contribution >= 4 is 23.2 Å². The Kier molecular flexibility index (Phi) is 4.22. The van der Waals surface area contributed by atoms with Gasteiger partial charge in [-0.25, -0.2) is 4.98 Å². The second kappa shape index (κ2) is 5.60. The number of halogens is 4. The third-order valence-electron chi connectivity index (χ3n) is 3.39. The van der Waals surface area contributed by atoms with Crippen molar-refractivity contribution in [2.45, 2.75) is 38.4 Å². The fourth-order valence-electron chi connectivity index (χ4n) is 2.40. The Labute approximate surface area is 119 Å². The molecule has 1 fully saturated rings. The van der Waals surface area contributed by atoms with Crippen LogP contribution in [0.3, 0.4) is 0 Å². The van der Waals surface area contributed by atoms with Gasteiger partial charge >= 0.3 is 6.18 Å². The molecule has 0 aliphatic carbocycles. The lowest BCUT2D eigenvalue weighted by molar-refractivity contribution is -0.137. The average Bonchev–Trinajstić information content (AvgIpc) is 2.37. The molecule has 0 spiro atoms. The first-order valence-electron chi connectivity index (χ1n) is 6.30. The lowest BCUT2D eigenvalue weighted by atomic mass is 9.99. The van der Waals surface area contributed by atoms with Crippen molar-refractivity contribution in [2.24, 2.45) is 0 Å². The van der Waals surface area contributed by atoms with Crippen molar-refractivity contribution in [3.05, 3.63) is 22.8 Å². The third-order valence-corrected chi connectivity index (χ3v) is 3.67. The SMILES string of the molecule is CC(=O)C1CCCCN1c1ncc(C(F)(F)F)cc1Cl. The van der Waals surface area contributed by atoms with E-state index in [4.69, 9.17) is 11.6 Å². The summed E-state index contributed by atoms with van der Waals surface area (Å²) in [6.45, 7) is 2.04. The molecule has 1 aliphatic rings. The maximum absolute atomic E-state index is 12.6. The van der Waals surface area contributed by atoms with E-state index in [-0.39, 0.29) is 22.7 Å². The predicted octanol–water partition coefficient (Wildman–Crippen LogP) is 3.70. The van der Waals surface area contributed by atoms with E-state index in [0.29, 0.717) is 13.0 Å². The van der Waals surface area contributed by atoms with Crippen molar-refractivity contribution in [3.63, 3.8) is 0 Å². The Morgan fingerprint density at radius 1 is 1.45 bits per heavy atom. The van der Waals surface area contributed by atoms with Crippen LogP contribution >= 0.6 is 11.6 Å². The summed E-state index contributed by atoms with van der Waals surface area (Å²) in [6, 6.07) is 0.501. The second-order valence-electron chi connectivity index (χ2n) is 4.84. The van der Waals surface area contributed by atoms with Crippen LogP contribution in [0.15, 0.2) is 12.3 Å². The highest BCUT2D eigenvalue weighted by Gasteiger charge is 2.33. The molecule has 1 aliphatic heterocycles. The average molecular weight is 307 g/mol. The van der Waals surface area contributed by atoms with Gasteiger partial charge in [0.1, 0.15) is 5.82 Å². The molecule has 0 bridgehead atoms. The van der Waals surface area contributed by atoms with Crippen LogP contribution in [-0.2, 0) is 11.0 Å². The van der Waals surface area contributed by atoms with Gasteiger partial charge in [0, 0.05) is 12.7 Å². The zero-order chi connectivity index (χ0) is 14.9. The molecule has 1 aromatic rings. The van der Waals surface area contributed by atoms with Crippen LogP contribution in [0.4, 0.5) is 19.0 Å². The molecule has 0 amide bonds. The number of piperidine rings is 1. The Morgan fingerprint density at radius 2 is 2.15 bits per heavy atom. The number of Topliss-reactive ketones (excluding diaryl/α,β-unsaturated/α-hetero) is 1. The highest BCUT2D eigenvalue weighted by Crippen LogP contribution is 2.35. The van der Waals surface area contributed by atoms with Crippen LogP contribution in [0.1, 0.15) is 31.7 Å². The molecule has 0 radical (unpaired) electrons. The first kappa shape index (κ1) is 15.1. The summed E-state index contributed by atoms with van der Waals surface area (Å²) >= 11 is 5.92. The number of hydrogen-bond donors (Lipinski definition) is 0. The van der Waals surface area contributed by atoms with Crippen molar-refractivity contribution in [1.29, 1.82) is 0 Å². The maximum Gasteiger partial charge on any atom is 0.417 e. The maximum atomic E-state index is 12.6. The number of carbonyl (C=O) groups excluding carboxylic acids is 1. The van der Waals surface area contributed by atoms with E-state index < -0.39 is 11.7 Å². The highest BCUT2D eigenvalue weighted by molar-refractivity contribution is 6.33. The van der Waals surface area contributed by atoms with E-state index in [1.54, 1.807) is 4.90 Å². The third kappa shape index (κ3) is 3.06. The summed E-state index contributed by atoms with van der Waals surface area (Å²) < 4.78 is 37.7. The molecule has 1 saturated heterocycles. The number of aromatic nitrogens is 1.